The summed E-state index contributed by atoms with van der Waals surface area (Å²) in [5, 5.41) is 4.41. The van der Waals surface area contributed by atoms with E-state index in [0.717, 1.165) is 5.71 Å². The third-order valence-electron chi connectivity index (χ3n) is 4.39. The molecule has 0 heterocycles. The van der Waals surface area contributed by atoms with E-state index in [1.54, 1.807) is 0 Å². The van der Waals surface area contributed by atoms with E-state index in [2.05, 4.69) is 53.7 Å². The molecule has 2 unspecified atom stereocenters. The summed E-state index contributed by atoms with van der Waals surface area (Å²) in [6, 6.07) is 17.1. The Labute approximate surface area is 136 Å². The van der Waals surface area contributed by atoms with E-state index in [1.165, 1.54) is 28.7 Å². The Morgan fingerprint density at radius 2 is 1.50 bits per heavy atom. The molecular weight excluding hydrogens is 296 g/mol. The van der Waals surface area contributed by atoms with E-state index in [0.29, 0.717) is 25.0 Å². The van der Waals surface area contributed by atoms with Crippen molar-refractivity contribution in [3.8, 4) is 0 Å². The molecule has 0 aromatic heterocycles. The van der Waals surface area contributed by atoms with Crippen LogP contribution in [0.25, 0.3) is 0 Å². The quantitative estimate of drug-likeness (QED) is 0.697. The lowest BCUT2D eigenvalue weighted by molar-refractivity contribution is 0.152. The maximum absolute atomic E-state index is 5.50. The minimum atomic E-state index is 0. The maximum Gasteiger partial charge on any atom is 0.129 e. The Bertz CT molecular complexity index is 660. The highest BCUT2D eigenvalue weighted by Gasteiger charge is 2.44. The average molecular weight is 315 g/mol. The molecule has 2 atom stereocenters. The molecule has 4 heteroatoms. The van der Waals surface area contributed by atoms with Gasteiger partial charge in [0.1, 0.15) is 12.3 Å². The topological polar surface area (TPSA) is 47.6 Å². The number of nitrogens with two attached hydrogens (primary N) is 1. The van der Waals surface area contributed by atoms with Crippen molar-refractivity contribution in [2.45, 2.75) is 18.3 Å². The zero-order chi connectivity index (χ0) is 14.2. The first-order valence-corrected chi connectivity index (χ1v) is 7.48. The third-order valence-corrected chi connectivity index (χ3v) is 4.39. The standard InChI is InChI=1S/C18H18N2O.ClH/c19-9-10-21-20-18-14-7-3-1-5-12(14)16-11-17(16)13-6-2-4-8-15(13)18;/h1-8,16-17H,9-11,19H2;1H. The van der Waals surface area contributed by atoms with Crippen LogP contribution in [0.2, 0.25) is 0 Å². The van der Waals surface area contributed by atoms with Crippen LogP contribution in [0.1, 0.15) is 40.5 Å². The van der Waals surface area contributed by atoms with Gasteiger partial charge >= 0.3 is 0 Å². The summed E-state index contributed by atoms with van der Waals surface area (Å²) in [5.41, 5.74) is 11.6. The van der Waals surface area contributed by atoms with Crippen LogP contribution < -0.4 is 5.73 Å². The smallest absolute Gasteiger partial charge is 0.129 e. The normalized spacial score (nSPS) is 20.7. The van der Waals surface area contributed by atoms with Gasteiger partial charge in [-0.15, -0.1) is 12.4 Å². The summed E-state index contributed by atoms with van der Waals surface area (Å²) in [4.78, 5) is 5.40. The molecule has 4 rings (SSSR count). The van der Waals surface area contributed by atoms with E-state index in [-0.39, 0.29) is 12.4 Å². The molecule has 0 spiro atoms. The van der Waals surface area contributed by atoms with Crippen LogP contribution in [0.15, 0.2) is 53.7 Å². The highest BCUT2D eigenvalue weighted by molar-refractivity contribution is 6.15. The first-order chi connectivity index (χ1) is 10.4. The number of hydrogen-bond acceptors (Lipinski definition) is 3. The van der Waals surface area contributed by atoms with Crippen LogP contribution in [0.3, 0.4) is 0 Å². The van der Waals surface area contributed by atoms with Crippen molar-refractivity contribution >= 4 is 18.1 Å². The van der Waals surface area contributed by atoms with Crippen molar-refractivity contribution in [3.63, 3.8) is 0 Å². The minimum absolute atomic E-state index is 0. The minimum Gasteiger partial charge on any atom is -0.394 e. The third kappa shape index (κ3) is 2.40. The van der Waals surface area contributed by atoms with Crippen LogP contribution in [0.5, 0.6) is 0 Å². The second-order valence-corrected chi connectivity index (χ2v) is 5.68. The van der Waals surface area contributed by atoms with E-state index in [4.69, 9.17) is 10.6 Å². The van der Waals surface area contributed by atoms with E-state index in [1.807, 2.05) is 0 Å². The summed E-state index contributed by atoms with van der Waals surface area (Å²) < 4.78 is 0. The van der Waals surface area contributed by atoms with Gasteiger partial charge in [0.15, 0.2) is 0 Å². The number of oxime groups is 1. The largest absolute Gasteiger partial charge is 0.394 e. The molecule has 0 radical (unpaired) electrons. The van der Waals surface area contributed by atoms with Gasteiger partial charge in [-0.3, -0.25) is 0 Å². The van der Waals surface area contributed by atoms with Crippen LogP contribution in [-0.2, 0) is 4.84 Å². The van der Waals surface area contributed by atoms with Gasteiger partial charge in [-0.25, -0.2) is 0 Å². The van der Waals surface area contributed by atoms with Gasteiger partial charge < -0.3 is 10.6 Å². The molecule has 2 N–H and O–H groups in total. The predicted octanol–water partition coefficient (Wildman–Crippen LogP) is 3.42. The van der Waals surface area contributed by atoms with Crippen LogP contribution in [-0.4, -0.2) is 18.9 Å². The number of rotatable bonds is 3. The summed E-state index contributed by atoms with van der Waals surface area (Å²) in [5.74, 6) is 1.26. The summed E-state index contributed by atoms with van der Waals surface area (Å²) in [6.07, 6.45) is 1.24. The zero-order valence-electron chi connectivity index (χ0n) is 12.2. The summed E-state index contributed by atoms with van der Waals surface area (Å²) in [7, 11) is 0. The Morgan fingerprint density at radius 3 is 2.05 bits per heavy atom. The average Bonchev–Trinajstić information content (AvgIpc) is 3.32. The Morgan fingerprint density at radius 1 is 0.955 bits per heavy atom. The molecule has 0 saturated heterocycles. The molecular formula is C18H19ClN2O. The van der Waals surface area contributed by atoms with Crippen LogP contribution in [0, 0.1) is 0 Å². The van der Waals surface area contributed by atoms with Crippen LogP contribution >= 0.6 is 12.4 Å². The van der Waals surface area contributed by atoms with E-state index < -0.39 is 0 Å². The molecule has 22 heavy (non-hydrogen) atoms. The van der Waals surface area contributed by atoms with Crippen molar-refractivity contribution in [1.29, 1.82) is 0 Å². The van der Waals surface area contributed by atoms with Gasteiger partial charge in [-0.1, -0.05) is 53.7 Å². The molecule has 2 aliphatic carbocycles. The van der Waals surface area contributed by atoms with Crippen molar-refractivity contribution in [2.75, 3.05) is 13.2 Å². The molecule has 3 nitrogen and oxygen atoms in total. The molecule has 1 fully saturated rings. The van der Waals surface area contributed by atoms with E-state index >= 15 is 0 Å². The summed E-state index contributed by atoms with van der Waals surface area (Å²) in [6.45, 7) is 0.923. The molecule has 0 aliphatic heterocycles. The van der Waals surface area contributed by atoms with Crippen molar-refractivity contribution in [2.24, 2.45) is 10.9 Å². The van der Waals surface area contributed by atoms with Crippen LogP contribution in [0.4, 0.5) is 0 Å². The van der Waals surface area contributed by atoms with Gasteiger partial charge in [0.2, 0.25) is 0 Å². The van der Waals surface area contributed by atoms with Gasteiger partial charge in [-0.2, -0.15) is 0 Å². The molecule has 114 valence electrons. The van der Waals surface area contributed by atoms with Gasteiger partial charge in [0.25, 0.3) is 0 Å². The van der Waals surface area contributed by atoms with Crippen molar-refractivity contribution in [1.82, 2.24) is 0 Å². The maximum atomic E-state index is 5.50. The van der Waals surface area contributed by atoms with Gasteiger partial charge in [0.05, 0.1) is 0 Å². The predicted molar refractivity (Wildman–Crippen MR) is 90.9 cm³/mol. The Balaban J connectivity index is 0.00000144. The monoisotopic (exact) mass is 314 g/mol. The fourth-order valence-electron chi connectivity index (χ4n) is 3.36. The number of benzene rings is 2. The lowest BCUT2D eigenvalue weighted by Gasteiger charge is -2.11. The number of halogens is 1. The number of nitrogens with zero attached hydrogens (tertiary/aromatic N) is 1. The highest BCUT2D eigenvalue weighted by atomic mass is 35.5. The molecule has 1 saturated carbocycles. The molecule has 2 aromatic rings. The molecule has 2 aromatic carbocycles. The van der Waals surface area contributed by atoms with Gasteiger partial charge in [0, 0.05) is 17.7 Å². The zero-order valence-corrected chi connectivity index (χ0v) is 13.1. The molecule has 0 amide bonds. The summed E-state index contributed by atoms with van der Waals surface area (Å²) >= 11 is 0. The lowest BCUT2D eigenvalue weighted by atomic mass is 9.95. The van der Waals surface area contributed by atoms with Gasteiger partial charge in [-0.05, 0) is 29.4 Å². The SMILES string of the molecule is Cl.NCCON=C1c2ccccc2C2CC2c2ccccc21. The van der Waals surface area contributed by atoms with Crippen molar-refractivity contribution < 1.29 is 4.84 Å². The first kappa shape index (κ1) is 15.1. The highest BCUT2D eigenvalue weighted by Crippen LogP contribution is 2.58. The first-order valence-electron chi connectivity index (χ1n) is 7.48. The number of hydrogen-bond donors (Lipinski definition) is 1. The van der Waals surface area contributed by atoms with E-state index in [9.17, 15) is 0 Å². The fraction of sp³-hybridized carbons (Fsp3) is 0.278. The number of fused-ring (bicyclic) bond motifs is 5. The second kappa shape index (κ2) is 6.11. The Hall–Kier alpha value is -1.84. The molecule has 2 aliphatic rings. The molecule has 0 bridgehead atoms. The fourth-order valence-corrected chi connectivity index (χ4v) is 3.36. The lowest BCUT2D eigenvalue weighted by Crippen LogP contribution is -2.11. The Kier molecular flexibility index (Phi) is 4.19. The second-order valence-electron chi connectivity index (χ2n) is 5.68. The van der Waals surface area contributed by atoms with Crippen molar-refractivity contribution in [3.05, 3.63) is 70.8 Å².